The van der Waals surface area contributed by atoms with Gasteiger partial charge in [0.1, 0.15) is 5.78 Å². The maximum absolute atomic E-state index is 12.2. The Kier molecular flexibility index (Phi) is 5.03. The maximum Gasteiger partial charge on any atom is 0.446 e. The molecule has 0 saturated carbocycles. The highest BCUT2D eigenvalue weighted by Gasteiger charge is 2.30. The first-order chi connectivity index (χ1) is 8.61. The number of carbonyl (C=O) groups is 2. The molecule has 1 rings (SSSR count). The minimum Gasteiger partial charge on any atom is -0.478 e. The Morgan fingerprint density at radius 2 is 1.95 bits per heavy atom. The lowest BCUT2D eigenvalue weighted by Gasteiger charge is -2.12. The summed E-state index contributed by atoms with van der Waals surface area (Å²) >= 11 is 2.61. The fourth-order valence-electron chi connectivity index (χ4n) is 1.36. The van der Waals surface area contributed by atoms with Gasteiger partial charge in [0.2, 0.25) is 0 Å². The van der Waals surface area contributed by atoms with Crippen LogP contribution in [0.2, 0.25) is 0 Å². The number of hydrogen-bond acceptors (Lipinski definition) is 3. The third-order valence-electron chi connectivity index (χ3n) is 2.12. The molecular formula is C11H8BrF3O3S. The van der Waals surface area contributed by atoms with E-state index in [1.807, 2.05) is 0 Å². The summed E-state index contributed by atoms with van der Waals surface area (Å²) in [6.45, 7) is 1.25. The van der Waals surface area contributed by atoms with Crippen LogP contribution in [0.4, 0.5) is 13.2 Å². The molecule has 0 heterocycles. The van der Waals surface area contributed by atoms with Crippen molar-refractivity contribution in [1.82, 2.24) is 0 Å². The molecule has 0 aromatic heterocycles. The molecule has 0 amide bonds. The van der Waals surface area contributed by atoms with Gasteiger partial charge in [0.15, 0.2) is 0 Å². The van der Waals surface area contributed by atoms with Gasteiger partial charge in [-0.15, -0.1) is 0 Å². The number of carboxylic acid groups (broad SMARTS) is 1. The highest BCUT2D eigenvalue weighted by molar-refractivity contribution is 9.09. The van der Waals surface area contributed by atoms with Crippen LogP contribution in [0.15, 0.2) is 23.1 Å². The van der Waals surface area contributed by atoms with Crippen LogP contribution in [-0.4, -0.2) is 22.4 Å². The highest BCUT2D eigenvalue weighted by atomic mass is 79.9. The van der Waals surface area contributed by atoms with Gasteiger partial charge in [0.25, 0.3) is 0 Å². The Labute approximate surface area is 119 Å². The number of hydrogen-bond donors (Lipinski definition) is 1. The lowest BCUT2D eigenvalue weighted by atomic mass is 10.0. The molecule has 0 spiro atoms. The molecule has 1 aromatic carbocycles. The van der Waals surface area contributed by atoms with Crippen molar-refractivity contribution in [1.29, 1.82) is 0 Å². The lowest BCUT2D eigenvalue weighted by molar-refractivity contribution is -0.116. The molecule has 1 atom stereocenters. The van der Waals surface area contributed by atoms with Gasteiger partial charge in [-0.05, 0) is 36.4 Å². The number of thioether (sulfide) groups is 1. The molecule has 1 unspecified atom stereocenters. The summed E-state index contributed by atoms with van der Waals surface area (Å²) in [6.07, 6.45) is 0. The van der Waals surface area contributed by atoms with Crippen LogP contribution < -0.4 is 0 Å². The minimum absolute atomic E-state index is 0.131. The number of Topliss-reactive ketones (excluding diaryl/α,β-unsaturated/α-hetero) is 1. The van der Waals surface area contributed by atoms with Gasteiger partial charge in [-0.25, -0.2) is 4.79 Å². The fraction of sp³-hybridized carbons (Fsp3) is 0.273. The van der Waals surface area contributed by atoms with Crippen LogP contribution in [0, 0.1) is 0 Å². The summed E-state index contributed by atoms with van der Waals surface area (Å²) in [5, 5.41) is 9.00. The van der Waals surface area contributed by atoms with Crippen molar-refractivity contribution >= 4 is 39.4 Å². The highest BCUT2D eigenvalue weighted by Crippen LogP contribution is 2.38. The van der Waals surface area contributed by atoms with Crippen molar-refractivity contribution in [3.05, 3.63) is 29.3 Å². The van der Waals surface area contributed by atoms with E-state index < -0.39 is 28.1 Å². The van der Waals surface area contributed by atoms with E-state index in [0.717, 1.165) is 12.1 Å². The van der Waals surface area contributed by atoms with Crippen molar-refractivity contribution in [3.63, 3.8) is 0 Å². The normalized spacial score (nSPS) is 13.1. The van der Waals surface area contributed by atoms with Gasteiger partial charge in [-0.1, -0.05) is 22.0 Å². The Hall–Kier alpha value is -1.02. The number of alkyl halides is 4. The number of carboxylic acids is 1. The van der Waals surface area contributed by atoms with Gasteiger partial charge in [0.05, 0.1) is 10.4 Å². The lowest BCUT2D eigenvalue weighted by Crippen LogP contribution is -2.09. The van der Waals surface area contributed by atoms with Crippen LogP contribution in [0.3, 0.4) is 0 Å². The van der Waals surface area contributed by atoms with Crippen LogP contribution >= 0.6 is 27.7 Å². The number of ketones is 1. The van der Waals surface area contributed by atoms with Crippen LogP contribution in [0.25, 0.3) is 0 Å². The molecule has 0 radical (unpaired) electrons. The molecule has 0 saturated heterocycles. The molecule has 0 aliphatic heterocycles. The molecule has 1 N–H and O–H groups in total. The van der Waals surface area contributed by atoms with Crippen molar-refractivity contribution < 1.29 is 27.9 Å². The zero-order valence-electron chi connectivity index (χ0n) is 9.49. The maximum atomic E-state index is 12.2. The largest absolute Gasteiger partial charge is 0.478 e. The second kappa shape index (κ2) is 5.96. The molecule has 1 aromatic rings. The second-order valence-corrected chi connectivity index (χ2v) is 5.63. The third kappa shape index (κ3) is 4.54. The smallest absolute Gasteiger partial charge is 0.446 e. The number of rotatable bonds is 4. The average molecular weight is 357 g/mol. The van der Waals surface area contributed by atoms with Crippen LogP contribution in [-0.2, 0) is 4.79 Å². The standard InChI is InChI=1S/C11H8BrF3O3S/c1-5(16)9(12)7-3-2-6(19-11(13,14)15)4-8(7)10(17)18/h2-4,9H,1H3,(H,17,18). The molecule has 0 aliphatic carbocycles. The molecule has 8 heteroatoms. The zero-order chi connectivity index (χ0) is 14.8. The first-order valence-electron chi connectivity index (χ1n) is 4.89. The molecule has 104 valence electrons. The summed E-state index contributed by atoms with van der Waals surface area (Å²) in [5.41, 5.74) is -4.69. The van der Waals surface area contributed by atoms with Crippen LogP contribution in [0.1, 0.15) is 27.7 Å². The van der Waals surface area contributed by atoms with E-state index in [0.29, 0.717) is 0 Å². The van der Waals surface area contributed by atoms with Gasteiger partial charge in [-0.3, -0.25) is 4.79 Å². The van der Waals surface area contributed by atoms with E-state index in [1.54, 1.807) is 0 Å². The van der Waals surface area contributed by atoms with E-state index in [2.05, 4.69) is 15.9 Å². The van der Waals surface area contributed by atoms with Gasteiger partial charge in [-0.2, -0.15) is 13.2 Å². The van der Waals surface area contributed by atoms with Crippen molar-refractivity contribution in [2.75, 3.05) is 0 Å². The van der Waals surface area contributed by atoms with E-state index in [4.69, 9.17) is 5.11 Å². The molecule has 19 heavy (non-hydrogen) atoms. The second-order valence-electron chi connectivity index (χ2n) is 3.58. The SMILES string of the molecule is CC(=O)C(Br)c1ccc(SC(F)(F)F)cc1C(=O)O. The van der Waals surface area contributed by atoms with Crippen molar-refractivity contribution in [2.24, 2.45) is 0 Å². The first-order valence-corrected chi connectivity index (χ1v) is 6.62. The van der Waals surface area contributed by atoms with Gasteiger partial charge in [0, 0.05) is 4.90 Å². The van der Waals surface area contributed by atoms with Crippen LogP contribution in [0.5, 0.6) is 0 Å². The summed E-state index contributed by atoms with van der Waals surface area (Å²) in [7, 11) is 0. The topological polar surface area (TPSA) is 54.4 Å². The number of halogens is 4. The van der Waals surface area contributed by atoms with Gasteiger partial charge >= 0.3 is 11.5 Å². The predicted molar refractivity (Wildman–Crippen MR) is 67.7 cm³/mol. The molecule has 3 nitrogen and oxygen atoms in total. The number of aromatic carboxylic acids is 1. The third-order valence-corrected chi connectivity index (χ3v) is 3.98. The molecule has 0 fully saturated rings. The zero-order valence-corrected chi connectivity index (χ0v) is 11.9. The van der Waals surface area contributed by atoms with E-state index in [9.17, 15) is 22.8 Å². The number of carbonyl (C=O) groups excluding carboxylic acids is 1. The molecule has 0 aliphatic rings. The average Bonchev–Trinajstić information content (AvgIpc) is 2.25. The van der Waals surface area contributed by atoms with E-state index in [-0.39, 0.29) is 21.8 Å². The van der Waals surface area contributed by atoms with Gasteiger partial charge < -0.3 is 5.11 Å². The van der Waals surface area contributed by atoms with Crippen molar-refractivity contribution in [3.8, 4) is 0 Å². The first kappa shape index (κ1) is 16.0. The molecule has 0 bridgehead atoms. The quantitative estimate of drug-likeness (QED) is 0.653. The fourth-order valence-corrected chi connectivity index (χ4v) is 2.34. The van der Waals surface area contributed by atoms with E-state index in [1.165, 1.54) is 13.0 Å². The Balaban J connectivity index is 3.23. The minimum atomic E-state index is -4.49. The number of benzene rings is 1. The predicted octanol–water partition coefficient (Wildman–Crippen LogP) is 4.02. The molecular weight excluding hydrogens is 349 g/mol. The Morgan fingerprint density at radius 1 is 1.37 bits per heavy atom. The Bertz CT molecular complexity index is 516. The summed E-state index contributed by atoms with van der Waals surface area (Å²) in [6, 6.07) is 3.25. The van der Waals surface area contributed by atoms with E-state index >= 15 is 0 Å². The monoisotopic (exact) mass is 356 g/mol. The summed E-state index contributed by atoms with van der Waals surface area (Å²) in [5.74, 6) is -1.72. The van der Waals surface area contributed by atoms with Crippen molar-refractivity contribution in [2.45, 2.75) is 22.2 Å². The Morgan fingerprint density at radius 3 is 2.37 bits per heavy atom. The summed E-state index contributed by atoms with van der Waals surface area (Å²) in [4.78, 5) is 21.2. The summed E-state index contributed by atoms with van der Waals surface area (Å²) < 4.78 is 36.6.